The minimum Gasteiger partial charge on any atom is -0.497 e. The molecule has 2 aliphatic rings. The minimum absolute atomic E-state index is 0.0160. The molecule has 2 saturated heterocycles. The first-order chi connectivity index (χ1) is 15.5. The Balaban J connectivity index is 1.29. The lowest BCUT2D eigenvalue weighted by Gasteiger charge is -2.37. The Morgan fingerprint density at radius 1 is 1.03 bits per heavy atom. The Morgan fingerprint density at radius 2 is 1.75 bits per heavy atom. The molecule has 0 radical (unpaired) electrons. The lowest BCUT2D eigenvalue weighted by atomic mass is 10.2. The molecular weight excluding hydrogens is 411 g/mol. The molecule has 2 aliphatic heterocycles. The van der Waals surface area contributed by atoms with Crippen LogP contribution < -0.4 is 15.0 Å². The quantitative estimate of drug-likeness (QED) is 0.748. The number of hydrogen-bond donors (Lipinski definition) is 1. The van der Waals surface area contributed by atoms with E-state index in [4.69, 9.17) is 4.74 Å². The lowest BCUT2D eigenvalue weighted by molar-refractivity contribution is -0.133. The summed E-state index contributed by atoms with van der Waals surface area (Å²) < 4.78 is 19.2. The molecule has 4 rings (SSSR count). The third kappa shape index (κ3) is 5.02. The Morgan fingerprint density at radius 3 is 2.44 bits per heavy atom. The largest absolute Gasteiger partial charge is 0.497 e. The van der Waals surface area contributed by atoms with Crippen molar-refractivity contribution < 1.29 is 18.7 Å². The van der Waals surface area contributed by atoms with Crippen LogP contribution in [-0.4, -0.2) is 74.0 Å². The zero-order chi connectivity index (χ0) is 22.5. The van der Waals surface area contributed by atoms with Gasteiger partial charge in [-0.05, 0) is 55.8 Å². The highest BCUT2D eigenvalue weighted by atomic mass is 19.1. The van der Waals surface area contributed by atoms with E-state index in [2.05, 4.69) is 5.32 Å². The zero-order valence-corrected chi connectivity index (χ0v) is 18.3. The Kier molecular flexibility index (Phi) is 6.90. The molecule has 0 spiro atoms. The monoisotopic (exact) mass is 440 g/mol. The Labute approximate surface area is 187 Å². The molecule has 2 heterocycles. The average Bonchev–Trinajstić information content (AvgIpc) is 3.28. The number of ether oxygens (including phenoxy) is 1. The normalized spacial score (nSPS) is 19.1. The van der Waals surface area contributed by atoms with Gasteiger partial charge in [-0.15, -0.1) is 0 Å². The number of anilines is 2. The fourth-order valence-corrected chi connectivity index (χ4v) is 4.39. The second-order valence-electron chi connectivity index (χ2n) is 8.17. The highest BCUT2D eigenvalue weighted by molar-refractivity contribution is 5.95. The van der Waals surface area contributed by atoms with Crippen LogP contribution >= 0.6 is 0 Å². The number of hydrogen-bond acceptors (Lipinski definition) is 5. The van der Waals surface area contributed by atoms with Crippen molar-refractivity contribution >= 4 is 23.2 Å². The van der Waals surface area contributed by atoms with Gasteiger partial charge in [0, 0.05) is 31.9 Å². The summed E-state index contributed by atoms with van der Waals surface area (Å²) in [6, 6.07) is 13.6. The van der Waals surface area contributed by atoms with Crippen LogP contribution in [0.4, 0.5) is 15.8 Å². The highest BCUT2D eigenvalue weighted by Crippen LogP contribution is 2.22. The van der Waals surface area contributed by atoms with Gasteiger partial charge in [0.15, 0.2) is 0 Å². The molecule has 1 atom stereocenters. The summed E-state index contributed by atoms with van der Waals surface area (Å²) >= 11 is 0. The first kappa shape index (κ1) is 22.1. The van der Waals surface area contributed by atoms with Crippen LogP contribution in [0.3, 0.4) is 0 Å². The first-order valence-electron chi connectivity index (χ1n) is 11.0. The maximum atomic E-state index is 14.0. The van der Waals surface area contributed by atoms with Crippen molar-refractivity contribution in [2.24, 2.45) is 0 Å². The number of para-hydroxylation sites is 1. The van der Waals surface area contributed by atoms with E-state index in [0.29, 0.717) is 37.6 Å². The summed E-state index contributed by atoms with van der Waals surface area (Å²) in [5.41, 5.74) is 1.28. The van der Waals surface area contributed by atoms with Crippen molar-refractivity contribution in [3.63, 3.8) is 0 Å². The standard InChI is InChI=1S/C24H29FN4O3/c1-32-19-10-8-18(9-11-19)26-24(31)22-7-4-12-29(22)17-23(30)28-15-13-27(14-16-28)21-6-3-2-5-20(21)25/h2-3,5-6,8-11,22H,4,7,12-17H2,1H3,(H,26,31). The maximum Gasteiger partial charge on any atom is 0.241 e. The number of likely N-dealkylation sites (tertiary alicyclic amines) is 1. The number of benzene rings is 2. The van der Waals surface area contributed by atoms with Gasteiger partial charge in [0.25, 0.3) is 0 Å². The third-order valence-electron chi connectivity index (χ3n) is 6.19. The summed E-state index contributed by atoms with van der Waals surface area (Å²) in [7, 11) is 1.60. The SMILES string of the molecule is COc1ccc(NC(=O)C2CCCN2CC(=O)N2CCN(c3ccccc3F)CC2)cc1. The molecule has 170 valence electrons. The van der Waals surface area contributed by atoms with E-state index in [1.54, 1.807) is 43.5 Å². The molecule has 2 aromatic rings. The molecule has 8 heteroatoms. The topological polar surface area (TPSA) is 65.1 Å². The van der Waals surface area contributed by atoms with Crippen molar-refractivity contribution in [2.45, 2.75) is 18.9 Å². The van der Waals surface area contributed by atoms with Gasteiger partial charge in [0.1, 0.15) is 11.6 Å². The summed E-state index contributed by atoms with van der Waals surface area (Å²) in [6.45, 7) is 3.22. The minimum atomic E-state index is -0.319. The van der Waals surface area contributed by atoms with Crippen molar-refractivity contribution in [3.8, 4) is 5.75 Å². The predicted molar refractivity (Wildman–Crippen MR) is 121 cm³/mol. The van der Waals surface area contributed by atoms with Crippen LogP contribution in [0, 0.1) is 5.82 Å². The summed E-state index contributed by atoms with van der Waals surface area (Å²) in [5.74, 6) is 0.411. The smallest absolute Gasteiger partial charge is 0.241 e. The number of nitrogens with one attached hydrogen (secondary N) is 1. The molecule has 0 aromatic heterocycles. The summed E-state index contributed by atoms with van der Waals surface area (Å²) in [4.78, 5) is 31.5. The van der Waals surface area contributed by atoms with Gasteiger partial charge in [-0.2, -0.15) is 0 Å². The van der Waals surface area contributed by atoms with Gasteiger partial charge >= 0.3 is 0 Å². The van der Waals surface area contributed by atoms with E-state index in [-0.39, 0.29) is 30.2 Å². The summed E-state index contributed by atoms with van der Waals surface area (Å²) in [6.07, 6.45) is 1.62. The molecule has 0 bridgehead atoms. The van der Waals surface area contributed by atoms with E-state index in [1.807, 2.05) is 20.8 Å². The second-order valence-corrected chi connectivity index (χ2v) is 8.17. The fourth-order valence-electron chi connectivity index (χ4n) is 4.39. The number of carbonyl (C=O) groups excluding carboxylic acids is 2. The van der Waals surface area contributed by atoms with E-state index in [1.165, 1.54) is 6.07 Å². The van der Waals surface area contributed by atoms with Crippen molar-refractivity contribution in [1.29, 1.82) is 0 Å². The Hall–Kier alpha value is -3.13. The maximum absolute atomic E-state index is 14.0. The van der Waals surface area contributed by atoms with Gasteiger partial charge in [-0.25, -0.2) is 4.39 Å². The van der Waals surface area contributed by atoms with Gasteiger partial charge in [0.2, 0.25) is 11.8 Å². The first-order valence-corrected chi connectivity index (χ1v) is 11.0. The fraction of sp³-hybridized carbons (Fsp3) is 0.417. The number of halogens is 1. The van der Waals surface area contributed by atoms with Crippen LogP contribution in [0.5, 0.6) is 5.75 Å². The molecule has 32 heavy (non-hydrogen) atoms. The molecular formula is C24H29FN4O3. The predicted octanol–water partition coefficient (Wildman–Crippen LogP) is 2.59. The van der Waals surface area contributed by atoms with E-state index >= 15 is 0 Å². The molecule has 7 nitrogen and oxygen atoms in total. The van der Waals surface area contributed by atoms with Crippen LogP contribution in [-0.2, 0) is 9.59 Å². The number of piperazine rings is 1. The number of nitrogens with zero attached hydrogens (tertiary/aromatic N) is 3. The molecule has 0 saturated carbocycles. The highest BCUT2D eigenvalue weighted by Gasteiger charge is 2.33. The van der Waals surface area contributed by atoms with Crippen molar-refractivity contribution in [1.82, 2.24) is 9.80 Å². The van der Waals surface area contributed by atoms with Crippen molar-refractivity contribution in [3.05, 3.63) is 54.3 Å². The van der Waals surface area contributed by atoms with Crippen LogP contribution in [0.2, 0.25) is 0 Å². The number of amides is 2. The molecule has 1 N–H and O–H groups in total. The van der Waals surface area contributed by atoms with Crippen LogP contribution in [0.1, 0.15) is 12.8 Å². The van der Waals surface area contributed by atoms with Gasteiger partial charge in [0.05, 0.1) is 25.4 Å². The van der Waals surface area contributed by atoms with Crippen LogP contribution in [0.25, 0.3) is 0 Å². The summed E-state index contributed by atoms with van der Waals surface area (Å²) in [5, 5.41) is 2.94. The van der Waals surface area contributed by atoms with E-state index < -0.39 is 0 Å². The molecule has 0 aliphatic carbocycles. The van der Waals surface area contributed by atoms with Crippen LogP contribution in [0.15, 0.2) is 48.5 Å². The number of carbonyl (C=O) groups is 2. The van der Waals surface area contributed by atoms with Gasteiger partial charge in [-0.1, -0.05) is 12.1 Å². The molecule has 2 aromatic carbocycles. The zero-order valence-electron chi connectivity index (χ0n) is 18.3. The van der Waals surface area contributed by atoms with Crippen molar-refractivity contribution in [2.75, 3.05) is 56.6 Å². The number of rotatable bonds is 6. The molecule has 1 unspecified atom stereocenters. The third-order valence-corrected chi connectivity index (χ3v) is 6.19. The van der Waals surface area contributed by atoms with E-state index in [9.17, 15) is 14.0 Å². The average molecular weight is 441 g/mol. The molecule has 2 fully saturated rings. The second kappa shape index (κ2) is 9.99. The van der Waals surface area contributed by atoms with E-state index in [0.717, 1.165) is 25.1 Å². The number of methoxy groups -OCH3 is 1. The lowest BCUT2D eigenvalue weighted by Crippen LogP contribution is -2.52. The van der Waals surface area contributed by atoms with Gasteiger partial charge in [-0.3, -0.25) is 14.5 Å². The van der Waals surface area contributed by atoms with Gasteiger partial charge < -0.3 is 19.9 Å². The Bertz CT molecular complexity index is 945. The molecule has 2 amide bonds.